The zero-order valence-electron chi connectivity index (χ0n) is 9.73. The van der Waals surface area contributed by atoms with Crippen LogP contribution in [-0.2, 0) is 14.3 Å². The molecule has 100 valence electrons. The molecule has 0 saturated heterocycles. The molecule has 7 heteroatoms. The van der Waals surface area contributed by atoms with Crippen molar-refractivity contribution < 1.29 is 14.3 Å². The Morgan fingerprint density at radius 2 is 1.71 bits per heavy atom. The lowest BCUT2D eigenvalue weighted by Crippen LogP contribution is -2.39. The smallest absolute Gasteiger partial charge is 0.313 e. The van der Waals surface area contributed by atoms with Gasteiger partial charge >= 0.3 is 5.97 Å². The molecule has 0 aliphatic heterocycles. The van der Waals surface area contributed by atoms with Crippen molar-refractivity contribution >= 4 is 75.5 Å². The number of hydrogen-bond acceptors (Lipinski definition) is 3. The van der Waals surface area contributed by atoms with Crippen molar-refractivity contribution in [3.05, 3.63) is 0 Å². The highest BCUT2D eigenvalue weighted by molar-refractivity contribution is 9.39. The number of esters is 1. The van der Waals surface area contributed by atoms with Gasteiger partial charge in [0.25, 0.3) is 0 Å². The van der Waals surface area contributed by atoms with Crippen LogP contribution in [-0.4, -0.2) is 24.3 Å². The van der Waals surface area contributed by atoms with Crippen LogP contribution in [0.1, 0.15) is 33.6 Å². The number of carbonyl (C=O) groups excluding carboxylic acids is 2. The summed E-state index contributed by atoms with van der Waals surface area (Å²) in [4.78, 5) is 22.2. The van der Waals surface area contributed by atoms with E-state index in [0.29, 0.717) is 6.42 Å². The monoisotopic (exact) mass is 498 g/mol. The van der Waals surface area contributed by atoms with Gasteiger partial charge in [-0.05, 0) is 27.2 Å². The van der Waals surface area contributed by atoms with Crippen LogP contribution >= 0.6 is 63.7 Å². The van der Waals surface area contributed by atoms with Crippen LogP contribution in [0.2, 0.25) is 0 Å². The van der Waals surface area contributed by atoms with E-state index in [-0.39, 0.29) is 17.0 Å². The Labute approximate surface area is 135 Å². The first-order valence-electron chi connectivity index (χ1n) is 4.86. The molecule has 0 heterocycles. The topological polar surface area (TPSA) is 43.4 Å². The normalized spacial score (nSPS) is 14.3. The summed E-state index contributed by atoms with van der Waals surface area (Å²) in [5.41, 5.74) is -0.701. The van der Waals surface area contributed by atoms with Gasteiger partial charge in [0, 0.05) is 0 Å². The lowest BCUT2D eigenvalue weighted by atomic mass is 10.0. The molecular weight excluding hydrogens is 488 g/mol. The van der Waals surface area contributed by atoms with Crippen LogP contribution in [0.5, 0.6) is 0 Å². The van der Waals surface area contributed by atoms with Gasteiger partial charge in [-0.2, -0.15) is 0 Å². The summed E-state index contributed by atoms with van der Waals surface area (Å²) in [7, 11) is 0. The summed E-state index contributed by atoms with van der Waals surface area (Å²) in [6.45, 7) is 4.95. The molecule has 0 fully saturated rings. The lowest BCUT2D eigenvalue weighted by molar-refractivity contribution is -0.157. The number of alkyl halides is 4. The van der Waals surface area contributed by atoms with Crippen LogP contribution in [0.3, 0.4) is 0 Å². The van der Waals surface area contributed by atoms with Crippen molar-refractivity contribution in [2.75, 3.05) is 0 Å². The fourth-order valence-electron chi connectivity index (χ4n) is 1.05. The molecule has 0 spiro atoms. The quantitative estimate of drug-likeness (QED) is 0.321. The minimum atomic E-state index is -0.701. The molecule has 3 nitrogen and oxygen atoms in total. The number of ether oxygens (including phenoxy) is 1. The molecule has 0 N–H and O–H groups in total. The minimum Gasteiger partial charge on any atom is -0.458 e. The third kappa shape index (κ3) is 8.72. The molecule has 1 atom stereocenters. The van der Waals surface area contributed by atoms with E-state index in [9.17, 15) is 9.59 Å². The largest absolute Gasteiger partial charge is 0.458 e. The van der Waals surface area contributed by atoms with Gasteiger partial charge in [-0.3, -0.25) is 9.59 Å². The molecule has 0 saturated carbocycles. The Balaban J connectivity index is 4.46. The average molecular weight is 502 g/mol. The molecule has 0 bridgehead atoms. The first-order valence-corrected chi connectivity index (χ1v) is 8.15. The maximum absolute atomic E-state index is 11.4. The molecule has 1 unspecified atom stereocenters. The summed E-state index contributed by atoms with van der Waals surface area (Å²) in [6, 6.07) is 0. The van der Waals surface area contributed by atoms with Crippen molar-refractivity contribution in [3.63, 3.8) is 0 Å². The van der Waals surface area contributed by atoms with Gasteiger partial charge in [-0.1, -0.05) is 63.7 Å². The van der Waals surface area contributed by atoms with Crippen molar-refractivity contribution in [3.8, 4) is 0 Å². The van der Waals surface area contributed by atoms with E-state index in [4.69, 9.17) is 4.74 Å². The molecule has 0 aromatic rings. The number of hydrogen-bond donors (Lipinski definition) is 0. The third-order valence-electron chi connectivity index (χ3n) is 1.94. The standard InChI is InChI=1S/C10H14Br4O3/c1-6(15)4-8(16)17-9(2,3)7(11)5-10(12,13)14/h7H,4-5H2,1-3H3. The molecule has 0 aromatic heterocycles. The predicted octanol–water partition coefficient (Wildman–Crippen LogP) is 4.28. The third-order valence-corrected chi connectivity index (χ3v) is 4.33. The zero-order chi connectivity index (χ0) is 13.9. The number of ketones is 1. The van der Waals surface area contributed by atoms with Crippen LogP contribution in [0.25, 0.3) is 0 Å². The van der Waals surface area contributed by atoms with Gasteiger partial charge in [0.1, 0.15) is 19.9 Å². The molecule has 0 aliphatic carbocycles. The fraction of sp³-hybridized carbons (Fsp3) is 0.800. The van der Waals surface area contributed by atoms with Gasteiger partial charge in [-0.25, -0.2) is 0 Å². The molecule has 0 aromatic carbocycles. The number of rotatable bonds is 5. The Morgan fingerprint density at radius 3 is 2.06 bits per heavy atom. The summed E-state index contributed by atoms with van der Waals surface area (Å²) in [5, 5.41) is 0. The highest BCUT2D eigenvalue weighted by Gasteiger charge is 2.36. The predicted molar refractivity (Wildman–Crippen MR) is 82.3 cm³/mol. The highest BCUT2D eigenvalue weighted by Crippen LogP contribution is 2.42. The second-order valence-corrected chi connectivity index (χ2v) is 12.6. The van der Waals surface area contributed by atoms with E-state index in [0.717, 1.165) is 0 Å². The lowest BCUT2D eigenvalue weighted by Gasteiger charge is -2.32. The Hall–Kier alpha value is 1.06. The average Bonchev–Trinajstić information content (AvgIpc) is 1.96. The highest BCUT2D eigenvalue weighted by atomic mass is 80.0. The molecule has 0 rings (SSSR count). The second-order valence-electron chi connectivity index (χ2n) is 4.24. The van der Waals surface area contributed by atoms with Gasteiger partial charge in [-0.15, -0.1) is 0 Å². The molecule has 0 aliphatic rings. The maximum Gasteiger partial charge on any atom is 0.313 e. The summed E-state index contributed by atoms with van der Waals surface area (Å²) in [5.74, 6) is -0.705. The van der Waals surface area contributed by atoms with Crippen LogP contribution in [0.15, 0.2) is 0 Å². The van der Waals surface area contributed by atoms with E-state index < -0.39 is 13.7 Å². The van der Waals surface area contributed by atoms with Crippen molar-refractivity contribution in [2.24, 2.45) is 0 Å². The van der Waals surface area contributed by atoms with Crippen LogP contribution in [0.4, 0.5) is 0 Å². The van der Waals surface area contributed by atoms with Crippen LogP contribution < -0.4 is 0 Å². The van der Waals surface area contributed by atoms with Crippen LogP contribution in [0, 0.1) is 0 Å². The van der Waals surface area contributed by atoms with Gasteiger partial charge in [0.15, 0.2) is 0 Å². The molecular formula is C10H14Br4O3. The molecule has 0 amide bonds. The molecule has 17 heavy (non-hydrogen) atoms. The number of halogens is 4. The molecule has 0 radical (unpaired) electrons. The van der Waals surface area contributed by atoms with E-state index >= 15 is 0 Å². The van der Waals surface area contributed by atoms with Gasteiger partial charge in [0.05, 0.1) is 4.83 Å². The van der Waals surface area contributed by atoms with E-state index in [1.807, 2.05) is 0 Å². The van der Waals surface area contributed by atoms with Crippen molar-refractivity contribution in [1.82, 2.24) is 0 Å². The second kappa shape index (κ2) is 7.01. The first-order chi connectivity index (χ1) is 7.44. The Kier molecular flexibility index (Phi) is 7.44. The number of carbonyl (C=O) groups is 2. The zero-order valence-corrected chi connectivity index (χ0v) is 16.1. The summed E-state index contributed by atoms with van der Waals surface area (Å²) < 4.78 is 4.88. The van der Waals surface area contributed by atoms with E-state index in [1.54, 1.807) is 13.8 Å². The SMILES string of the molecule is CC(=O)CC(=O)OC(C)(C)C(Br)CC(Br)(Br)Br. The minimum absolute atomic E-state index is 0.0796. The van der Waals surface area contributed by atoms with Crippen molar-refractivity contribution in [1.29, 1.82) is 0 Å². The Bertz CT molecular complexity index is 296. The van der Waals surface area contributed by atoms with Gasteiger partial charge in [0.2, 0.25) is 0 Å². The summed E-state index contributed by atoms with van der Waals surface area (Å²) >= 11 is 13.6. The van der Waals surface area contributed by atoms with Gasteiger partial charge < -0.3 is 4.74 Å². The first kappa shape index (κ1) is 18.1. The van der Waals surface area contributed by atoms with E-state index in [2.05, 4.69) is 63.7 Å². The fourth-order valence-corrected chi connectivity index (χ4v) is 3.90. The maximum atomic E-state index is 11.4. The van der Waals surface area contributed by atoms with Crippen molar-refractivity contribution in [2.45, 2.75) is 46.2 Å². The summed E-state index contributed by atoms with van der Waals surface area (Å²) in [6.07, 6.45) is 0.443. The number of Topliss-reactive ketones (excluding diaryl/α,β-unsaturated/α-hetero) is 1. The Morgan fingerprint density at radius 1 is 1.24 bits per heavy atom. The van der Waals surface area contributed by atoms with E-state index in [1.165, 1.54) is 6.92 Å².